The van der Waals surface area contributed by atoms with E-state index in [0.717, 1.165) is 5.69 Å². The lowest BCUT2D eigenvalue weighted by atomic mass is 10.3. The van der Waals surface area contributed by atoms with Crippen molar-refractivity contribution in [2.24, 2.45) is 0 Å². The van der Waals surface area contributed by atoms with Crippen molar-refractivity contribution in [1.82, 2.24) is 0 Å². The van der Waals surface area contributed by atoms with E-state index in [9.17, 15) is 5.11 Å². The first kappa shape index (κ1) is 7.80. The Hall–Kier alpha value is -1.83. The second-order valence-corrected chi connectivity index (χ2v) is 2.77. The average molecular weight is 172 g/mol. The van der Waals surface area contributed by atoms with Crippen LogP contribution in [0.3, 0.4) is 0 Å². The zero-order valence-electron chi connectivity index (χ0n) is 7.09. The van der Waals surface area contributed by atoms with Gasteiger partial charge in [-0.2, -0.15) is 4.57 Å². The summed E-state index contributed by atoms with van der Waals surface area (Å²) in [5.74, 6) is 0.290. The molecule has 2 nitrogen and oxygen atoms in total. The summed E-state index contributed by atoms with van der Waals surface area (Å²) in [4.78, 5) is 0. The van der Waals surface area contributed by atoms with Gasteiger partial charge in [-0.05, 0) is 6.07 Å². The van der Waals surface area contributed by atoms with E-state index in [1.54, 1.807) is 6.07 Å². The Morgan fingerprint density at radius 2 is 1.54 bits per heavy atom. The molecule has 0 spiro atoms. The third-order valence-electron chi connectivity index (χ3n) is 1.88. The van der Waals surface area contributed by atoms with Crippen LogP contribution in [0, 0.1) is 0 Å². The lowest BCUT2D eigenvalue weighted by Crippen LogP contribution is -2.28. The number of hydrogen-bond acceptors (Lipinski definition) is 1. The van der Waals surface area contributed by atoms with Crippen LogP contribution in [0.1, 0.15) is 0 Å². The highest BCUT2D eigenvalue weighted by atomic mass is 16.3. The predicted molar refractivity (Wildman–Crippen MR) is 49.6 cm³/mol. The number of nitrogens with zero attached hydrogens (tertiary/aromatic N) is 1. The van der Waals surface area contributed by atoms with Gasteiger partial charge in [-0.1, -0.05) is 18.2 Å². The summed E-state index contributed by atoms with van der Waals surface area (Å²) < 4.78 is 1.87. The van der Waals surface area contributed by atoms with Crippen LogP contribution in [-0.4, -0.2) is 5.11 Å². The van der Waals surface area contributed by atoms with Crippen molar-refractivity contribution >= 4 is 0 Å². The summed E-state index contributed by atoms with van der Waals surface area (Å²) in [7, 11) is 0. The lowest BCUT2D eigenvalue weighted by molar-refractivity contribution is -0.596. The molecule has 0 unspecified atom stereocenters. The first-order chi connectivity index (χ1) is 6.38. The molecular weight excluding hydrogens is 162 g/mol. The standard InChI is InChI=1S/C11H9NO/c13-11-7-3-2-6-10(11)12-8-4-1-5-9-12/h1-9H/p+1. The number of phenols is 1. The lowest BCUT2D eigenvalue weighted by Gasteiger charge is -1.96. The minimum atomic E-state index is 0.290. The molecule has 0 radical (unpaired) electrons. The highest BCUT2D eigenvalue weighted by Gasteiger charge is 2.08. The maximum absolute atomic E-state index is 9.54. The van der Waals surface area contributed by atoms with Gasteiger partial charge in [0.1, 0.15) is 0 Å². The molecule has 0 bridgehead atoms. The second-order valence-electron chi connectivity index (χ2n) is 2.77. The monoisotopic (exact) mass is 172 g/mol. The van der Waals surface area contributed by atoms with Gasteiger partial charge in [0, 0.05) is 18.2 Å². The minimum Gasteiger partial charge on any atom is -0.502 e. The number of pyridine rings is 1. The van der Waals surface area contributed by atoms with Crippen LogP contribution in [0.4, 0.5) is 0 Å². The Kier molecular flexibility index (Phi) is 1.96. The van der Waals surface area contributed by atoms with Crippen LogP contribution in [0.5, 0.6) is 5.75 Å². The number of aromatic nitrogens is 1. The summed E-state index contributed by atoms with van der Waals surface area (Å²) in [6, 6.07) is 13.0. The molecule has 0 aliphatic carbocycles. The normalized spacial score (nSPS) is 9.85. The van der Waals surface area contributed by atoms with E-state index in [0.29, 0.717) is 5.75 Å². The molecule has 2 heteroatoms. The molecular formula is C11H10NO+. The summed E-state index contributed by atoms with van der Waals surface area (Å²) in [5, 5.41) is 9.54. The second kappa shape index (κ2) is 3.27. The Labute approximate surface area is 76.7 Å². The van der Waals surface area contributed by atoms with E-state index in [1.807, 2.05) is 53.4 Å². The molecule has 64 valence electrons. The maximum Gasteiger partial charge on any atom is 0.252 e. The number of phenolic OH excluding ortho intramolecular Hbond substituents is 1. The van der Waals surface area contributed by atoms with Crippen molar-refractivity contribution in [1.29, 1.82) is 0 Å². The molecule has 0 aliphatic heterocycles. The van der Waals surface area contributed by atoms with Crippen LogP contribution >= 0.6 is 0 Å². The summed E-state index contributed by atoms with van der Waals surface area (Å²) in [6.45, 7) is 0. The fourth-order valence-corrected chi connectivity index (χ4v) is 1.24. The smallest absolute Gasteiger partial charge is 0.252 e. The van der Waals surface area contributed by atoms with Crippen molar-refractivity contribution in [2.75, 3.05) is 0 Å². The fraction of sp³-hybridized carbons (Fsp3) is 0. The summed E-state index contributed by atoms with van der Waals surface area (Å²) >= 11 is 0. The van der Waals surface area contributed by atoms with Crippen molar-refractivity contribution in [3.8, 4) is 11.4 Å². The number of rotatable bonds is 1. The molecule has 0 aliphatic rings. The van der Waals surface area contributed by atoms with Crippen LogP contribution in [-0.2, 0) is 0 Å². The van der Waals surface area contributed by atoms with E-state index < -0.39 is 0 Å². The summed E-state index contributed by atoms with van der Waals surface area (Å²) in [5.41, 5.74) is 0.795. The quantitative estimate of drug-likeness (QED) is 0.650. The van der Waals surface area contributed by atoms with Crippen LogP contribution in [0.2, 0.25) is 0 Å². The SMILES string of the molecule is Oc1ccccc1-[n+]1ccccc1. The molecule has 1 aromatic carbocycles. The zero-order valence-corrected chi connectivity index (χ0v) is 7.09. The topological polar surface area (TPSA) is 24.1 Å². The van der Waals surface area contributed by atoms with Crippen molar-refractivity contribution in [3.05, 3.63) is 54.9 Å². The van der Waals surface area contributed by atoms with Gasteiger partial charge < -0.3 is 5.11 Å². The predicted octanol–water partition coefficient (Wildman–Crippen LogP) is 1.67. The third-order valence-corrected chi connectivity index (χ3v) is 1.88. The van der Waals surface area contributed by atoms with Crippen LogP contribution < -0.4 is 4.57 Å². The summed E-state index contributed by atoms with van der Waals surface area (Å²) in [6.07, 6.45) is 3.80. The van der Waals surface area contributed by atoms with Gasteiger partial charge in [-0.25, -0.2) is 0 Å². The molecule has 2 aromatic rings. The van der Waals surface area contributed by atoms with Gasteiger partial charge in [0.05, 0.1) is 0 Å². The fourth-order valence-electron chi connectivity index (χ4n) is 1.24. The largest absolute Gasteiger partial charge is 0.502 e. The van der Waals surface area contributed by atoms with Gasteiger partial charge in [-0.3, -0.25) is 0 Å². The molecule has 1 heterocycles. The van der Waals surface area contributed by atoms with Crippen molar-refractivity contribution in [2.45, 2.75) is 0 Å². The number of para-hydroxylation sites is 2. The molecule has 1 aromatic heterocycles. The Bertz CT molecular complexity index is 398. The molecule has 0 saturated carbocycles. The van der Waals surface area contributed by atoms with Gasteiger partial charge >= 0.3 is 0 Å². The minimum absolute atomic E-state index is 0.290. The molecule has 0 saturated heterocycles. The molecule has 1 N–H and O–H groups in total. The molecule has 0 amide bonds. The van der Waals surface area contributed by atoms with Gasteiger partial charge in [0.15, 0.2) is 18.1 Å². The van der Waals surface area contributed by atoms with Crippen LogP contribution in [0.25, 0.3) is 5.69 Å². The van der Waals surface area contributed by atoms with E-state index in [1.165, 1.54) is 0 Å². The molecule has 2 rings (SSSR count). The number of hydrogen-bond donors (Lipinski definition) is 1. The number of benzene rings is 1. The van der Waals surface area contributed by atoms with Crippen molar-refractivity contribution in [3.63, 3.8) is 0 Å². The highest BCUT2D eigenvalue weighted by Crippen LogP contribution is 2.14. The van der Waals surface area contributed by atoms with Crippen LogP contribution in [0.15, 0.2) is 54.9 Å². The Balaban J connectivity index is 2.54. The maximum atomic E-state index is 9.54. The Morgan fingerprint density at radius 3 is 2.23 bits per heavy atom. The van der Waals surface area contributed by atoms with E-state index in [4.69, 9.17) is 0 Å². The third kappa shape index (κ3) is 1.51. The van der Waals surface area contributed by atoms with E-state index >= 15 is 0 Å². The first-order valence-corrected chi connectivity index (χ1v) is 4.12. The van der Waals surface area contributed by atoms with Gasteiger partial charge in [-0.15, -0.1) is 0 Å². The molecule has 0 atom stereocenters. The van der Waals surface area contributed by atoms with Crippen molar-refractivity contribution < 1.29 is 9.67 Å². The van der Waals surface area contributed by atoms with Gasteiger partial charge in [0.2, 0.25) is 0 Å². The molecule has 0 fully saturated rings. The van der Waals surface area contributed by atoms with Gasteiger partial charge in [0.25, 0.3) is 5.69 Å². The van der Waals surface area contributed by atoms with E-state index in [-0.39, 0.29) is 0 Å². The van der Waals surface area contributed by atoms with E-state index in [2.05, 4.69) is 0 Å². The highest BCUT2D eigenvalue weighted by molar-refractivity contribution is 5.38. The molecule has 13 heavy (non-hydrogen) atoms. The average Bonchev–Trinajstić information content (AvgIpc) is 2.20. The first-order valence-electron chi connectivity index (χ1n) is 4.12. The zero-order chi connectivity index (χ0) is 9.10. The Morgan fingerprint density at radius 1 is 0.846 bits per heavy atom. The number of aromatic hydroxyl groups is 1.